The van der Waals surface area contributed by atoms with Gasteiger partial charge in [0, 0.05) is 12.1 Å². The molecule has 2 heterocycles. The molecule has 0 fully saturated rings. The van der Waals surface area contributed by atoms with Crippen molar-refractivity contribution in [1.82, 2.24) is 4.98 Å². The molecule has 12 heteroatoms. The molecule has 0 aliphatic carbocycles. The Morgan fingerprint density at radius 2 is 1.84 bits per heavy atom. The van der Waals surface area contributed by atoms with Crippen LogP contribution in [0.2, 0.25) is 0 Å². The summed E-state index contributed by atoms with van der Waals surface area (Å²) in [4.78, 5) is 26.3. The number of non-ortho nitro benzene ring substituents is 1. The van der Waals surface area contributed by atoms with Gasteiger partial charge in [-0.1, -0.05) is 17.4 Å². The van der Waals surface area contributed by atoms with Crippen LogP contribution in [0, 0.1) is 10.1 Å². The fraction of sp³-hybridized carbons (Fsp3) is 0.158. The summed E-state index contributed by atoms with van der Waals surface area (Å²) >= 11 is 0.797. The van der Waals surface area contributed by atoms with E-state index in [1.807, 2.05) is 0 Å². The first-order chi connectivity index (χ1) is 14.8. The molecule has 10 nitrogen and oxygen atoms in total. The van der Waals surface area contributed by atoms with Crippen LogP contribution >= 0.6 is 11.3 Å². The molecule has 0 saturated heterocycles. The molecule has 1 aliphatic rings. The number of aromatic nitrogens is 1. The monoisotopic (exact) mass is 461 g/mol. The number of fused-ring (bicyclic) bond motifs is 1. The highest BCUT2D eigenvalue weighted by molar-refractivity contribution is 7.93. The number of carbonyl (C=O) groups is 1. The van der Waals surface area contributed by atoms with Gasteiger partial charge in [0.25, 0.3) is 5.69 Å². The van der Waals surface area contributed by atoms with E-state index in [1.54, 1.807) is 18.2 Å². The van der Waals surface area contributed by atoms with E-state index >= 15 is 0 Å². The van der Waals surface area contributed by atoms with Crippen molar-refractivity contribution in [3.8, 4) is 11.5 Å². The third-order valence-corrected chi connectivity index (χ3v) is 7.47. The van der Waals surface area contributed by atoms with E-state index in [0.29, 0.717) is 30.3 Å². The van der Waals surface area contributed by atoms with Crippen molar-refractivity contribution in [3.05, 3.63) is 64.3 Å². The van der Waals surface area contributed by atoms with Crippen molar-refractivity contribution >= 4 is 37.9 Å². The molecule has 3 aromatic rings. The van der Waals surface area contributed by atoms with Gasteiger partial charge < -0.3 is 14.8 Å². The summed E-state index contributed by atoms with van der Waals surface area (Å²) in [6.07, 6.45) is 1.18. The van der Waals surface area contributed by atoms with Crippen LogP contribution in [-0.4, -0.2) is 37.4 Å². The summed E-state index contributed by atoms with van der Waals surface area (Å²) in [6, 6.07) is 9.75. The average molecular weight is 461 g/mol. The van der Waals surface area contributed by atoms with Gasteiger partial charge in [-0.15, -0.1) is 0 Å². The second-order valence-electron chi connectivity index (χ2n) is 6.44. The van der Waals surface area contributed by atoms with Gasteiger partial charge in [-0.25, -0.2) is 13.4 Å². The number of carbonyl (C=O) groups excluding carboxylic acids is 1. The summed E-state index contributed by atoms with van der Waals surface area (Å²) in [6.45, 7) is 0.912. The largest absolute Gasteiger partial charge is 0.486 e. The van der Waals surface area contributed by atoms with Crippen molar-refractivity contribution in [2.24, 2.45) is 0 Å². The summed E-state index contributed by atoms with van der Waals surface area (Å²) < 4.78 is 36.3. The predicted molar refractivity (Wildman–Crippen MR) is 110 cm³/mol. The van der Waals surface area contributed by atoms with Crippen LogP contribution in [0.5, 0.6) is 11.5 Å². The fourth-order valence-electron chi connectivity index (χ4n) is 2.85. The van der Waals surface area contributed by atoms with Crippen LogP contribution in [0.4, 0.5) is 10.8 Å². The summed E-state index contributed by atoms with van der Waals surface area (Å²) in [5.74, 6) is 0.823. The van der Waals surface area contributed by atoms with Crippen LogP contribution in [0.1, 0.15) is 5.56 Å². The highest BCUT2D eigenvalue weighted by Gasteiger charge is 2.22. The maximum Gasteiger partial charge on any atom is 0.269 e. The SMILES string of the molecule is O=C(Cc1ccc2c(c1)OCCO2)Nc1ncc(S(=O)(=O)c2ccc([N+](=O)[O-])cc2)s1. The Labute approximate surface area is 180 Å². The Hall–Kier alpha value is -3.51. The Bertz CT molecular complexity index is 1250. The molecule has 4 rings (SSSR count). The van der Waals surface area contributed by atoms with Gasteiger partial charge in [0.05, 0.1) is 22.4 Å². The van der Waals surface area contributed by atoms with Crippen LogP contribution in [-0.2, 0) is 21.1 Å². The zero-order chi connectivity index (χ0) is 22.0. The summed E-state index contributed by atoms with van der Waals surface area (Å²) in [5.41, 5.74) is 0.493. The summed E-state index contributed by atoms with van der Waals surface area (Å²) in [5, 5.41) is 13.4. The number of rotatable bonds is 6. The number of benzene rings is 2. The van der Waals surface area contributed by atoms with Gasteiger partial charge in [-0.2, -0.15) is 0 Å². The number of sulfone groups is 1. The quantitative estimate of drug-likeness (QED) is 0.437. The first kappa shape index (κ1) is 20.8. The highest BCUT2D eigenvalue weighted by atomic mass is 32.2. The molecule has 0 atom stereocenters. The topological polar surface area (TPSA) is 138 Å². The molecular formula is C19H15N3O7S2. The normalized spacial score (nSPS) is 12.9. The smallest absolute Gasteiger partial charge is 0.269 e. The minimum Gasteiger partial charge on any atom is -0.486 e. The molecule has 160 valence electrons. The Morgan fingerprint density at radius 1 is 1.13 bits per heavy atom. The van der Waals surface area contributed by atoms with Gasteiger partial charge in [-0.3, -0.25) is 14.9 Å². The fourth-order valence-corrected chi connectivity index (χ4v) is 5.30. The number of nitro benzene ring substituents is 1. The minimum absolute atomic E-state index is 0.0423. The second-order valence-corrected chi connectivity index (χ2v) is 9.65. The van der Waals surface area contributed by atoms with Crippen molar-refractivity contribution in [3.63, 3.8) is 0 Å². The van der Waals surface area contributed by atoms with Crippen molar-refractivity contribution in [2.45, 2.75) is 15.5 Å². The lowest BCUT2D eigenvalue weighted by Crippen LogP contribution is -2.17. The molecular weight excluding hydrogens is 446 g/mol. The van der Waals surface area contributed by atoms with Gasteiger partial charge >= 0.3 is 0 Å². The van der Waals surface area contributed by atoms with Gasteiger partial charge in [-0.05, 0) is 29.8 Å². The molecule has 0 spiro atoms. The van der Waals surface area contributed by atoms with E-state index in [4.69, 9.17) is 9.47 Å². The van der Waals surface area contributed by atoms with Crippen LogP contribution in [0.25, 0.3) is 0 Å². The van der Waals surface area contributed by atoms with E-state index in [1.165, 1.54) is 0 Å². The van der Waals surface area contributed by atoms with E-state index in [2.05, 4.69) is 10.3 Å². The Kier molecular flexibility index (Phi) is 5.57. The lowest BCUT2D eigenvalue weighted by Gasteiger charge is -2.18. The van der Waals surface area contributed by atoms with Crippen LogP contribution in [0.3, 0.4) is 0 Å². The lowest BCUT2D eigenvalue weighted by atomic mass is 10.1. The van der Waals surface area contributed by atoms with Crippen molar-refractivity contribution in [1.29, 1.82) is 0 Å². The van der Waals surface area contributed by atoms with Crippen molar-refractivity contribution in [2.75, 3.05) is 18.5 Å². The molecule has 1 aromatic heterocycles. The second kappa shape index (κ2) is 8.32. The zero-order valence-electron chi connectivity index (χ0n) is 15.8. The number of amides is 1. The van der Waals surface area contributed by atoms with E-state index in [9.17, 15) is 23.3 Å². The molecule has 1 amide bonds. The van der Waals surface area contributed by atoms with Gasteiger partial charge in [0.1, 0.15) is 17.4 Å². The van der Waals surface area contributed by atoms with Crippen molar-refractivity contribution < 1.29 is 27.6 Å². The first-order valence-corrected chi connectivity index (χ1v) is 11.3. The molecule has 0 unspecified atom stereocenters. The predicted octanol–water partition coefficient (Wildman–Crippen LogP) is 2.84. The number of nitro groups is 1. The van der Waals surface area contributed by atoms with E-state index < -0.39 is 14.8 Å². The number of nitrogens with one attached hydrogen (secondary N) is 1. The maximum atomic E-state index is 12.7. The summed E-state index contributed by atoms with van der Waals surface area (Å²) in [7, 11) is -3.91. The van der Waals surface area contributed by atoms with Gasteiger partial charge in [0.15, 0.2) is 16.6 Å². The molecule has 1 aliphatic heterocycles. The average Bonchev–Trinajstić information content (AvgIpc) is 3.23. The molecule has 2 aromatic carbocycles. The molecule has 1 N–H and O–H groups in total. The highest BCUT2D eigenvalue weighted by Crippen LogP contribution is 2.32. The maximum absolute atomic E-state index is 12.7. The number of ether oxygens (including phenoxy) is 2. The van der Waals surface area contributed by atoms with Gasteiger partial charge in [0.2, 0.25) is 15.7 Å². The van der Waals surface area contributed by atoms with E-state index in [-0.39, 0.29) is 32.3 Å². The molecule has 31 heavy (non-hydrogen) atoms. The number of hydrogen-bond acceptors (Lipinski definition) is 9. The third kappa shape index (κ3) is 4.49. The lowest BCUT2D eigenvalue weighted by molar-refractivity contribution is -0.384. The Balaban J connectivity index is 1.44. The molecule has 0 saturated carbocycles. The minimum atomic E-state index is -3.91. The number of thiazole rings is 1. The molecule has 0 radical (unpaired) electrons. The van der Waals surface area contributed by atoms with E-state index in [0.717, 1.165) is 41.8 Å². The zero-order valence-corrected chi connectivity index (χ0v) is 17.4. The van der Waals surface area contributed by atoms with Crippen LogP contribution in [0.15, 0.2) is 57.8 Å². The number of nitrogens with zero attached hydrogens (tertiary/aromatic N) is 2. The number of anilines is 1. The Morgan fingerprint density at radius 3 is 2.55 bits per heavy atom. The third-order valence-electron chi connectivity index (χ3n) is 4.32. The first-order valence-electron chi connectivity index (χ1n) is 8.97. The number of hydrogen-bond donors (Lipinski definition) is 1. The van der Waals surface area contributed by atoms with Crippen LogP contribution < -0.4 is 14.8 Å². The molecule has 0 bridgehead atoms. The standard InChI is InChI=1S/C19H15N3O7S2/c23-17(10-12-1-6-15-16(9-12)29-8-7-28-15)21-19-20-11-18(30-19)31(26,27)14-4-2-13(3-5-14)22(24)25/h1-6,9,11H,7-8,10H2,(H,20,21,23).